The molecule has 2 atom stereocenters. The van der Waals surface area contributed by atoms with Crippen LogP contribution in [0.25, 0.3) is 0 Å². The maximum Gasteiger partial charge on any atom is 0.305 e. The quantitative estimate of drug-likeness (QED) is 0.0320. The van der Waals surface area contributed by atoms with Crippen molar-refractivity contribution < 1.29 is 24.5 Å². The molecule has 0 fully saturated rings. The zero-order chi connectivity index (χ0) is 56.4. The van der Waals surface area contributed by atoms with E-state index in [0.717, 1.165) is 51.4 Å². The molecule has 0 aliphatic rings. The molecule has 0 rings (SSSR count). The lowest BCUT2D eigenvalue weighted by molar-refractivity contribution is -0.143. The van der Waals surface area contributed by atoms with Crippen LogP contribution in [0.1, 0.15) is 386 Å². The van der Waals surface area contributed by atoms with Gasteiger partial charge in [-0.15, -0.1) is 0 Å². The maximum absolute atomic E-state index is 12.5. The Kier molecular flexibility index (Phi) is 65.9. The van der Waals surface area contributed by atoms with Gasteiger partial charge in [0.2, 0.25) is 5.91 Å². The number of aliphatic hydroxyl groups excluding tert-OH is 2. The highest BCUT2D eigenvalue weighted by Crippen LogP contribution is 2.18. The van der Waals surface area contributed by atoms with Crippen LogP contribution in [-0.2, 0) is 14.3 Å². The first kappa shape index (κ1) is 76.1. The van der Waals surface area contributed by atoms with Crippen LogP contribution in [0.4, 0.5) is 0 Å². The number of carbonyl (C=O) groups is 2. The minimum atomic E-state index is -0.663. The smallest absolute Gasteiger partial charge is 0.305 e. The van der Waals surface area contributed by atoms with Crippen LogP contribution in [0.3, 0.4) is 0 Å². The zero-order valence-corrected chi connectivity index (χ0v) is 52.7. The number of carbonyl (C=O) groups excluding carboxylic acids is 2. The summed E-state index contributed by atoms with van der Waals surface area (Å²) in [5.41, 5.74) is 0. The lowest BCUT2D eigenvalue weighted by Gasteiger charge is -2.22. The Morgan fingerprint density at radius 3 is 1.01 bits per heavy atom. The zero-order valence-electron chi connectivity index (χ0n) is 52.7. The van der Waals surface area contributed by atoms with Crippen molar-refractivity contribution in [3.05, 3.63) is 36.5 Å². The van der Waals surface area contributed by atoms with Crippen molar-refractivity contribution in [1.82, 2.24) is 5.32 Å². The molecule has 3 N–H and O–H groups in total. The average molecular weight is 1100 g/mol. The van der Waals surface area contributed by atoms with E-state index < -0.39 is 12.1 Å². The molecular formula is C72H137NO5. The number of hydrogen-bond donors (Lipinski definition) is 3. The molecule has 1 amide bonds. The lowest BCUT2D eigenvalue weighted by atomic mass is 10.0. The molecule has 0 saturated carbocycles. The van der Waals surface area contributed by atoms with Crippen LogP contribution in [0, 0.1) is 0 Å². The minimum absolute atomic E-state index is 0.00429. The number of amides is 1. The molecule has 0 aromatic carbocycles. The van der Waals surface area contributed by atoms with Crippen molar-refractivity contribution in [3.8, 4) is 0 Å². The van der Waals surface area contributed by atoms with Crippen LogP contribution in [0.5, 0.6) is 0 Å². The second-order valence-corrected chi connectivity index (χ2v) is 24.2. The van der Waals surface area contributed by atoms with E-state index in [1.807, 2.05) is 0 Å². The first-order valence-electron chi connectivity index (χ1n) is 35.2. The summed E-state index contributed by atoms with van der Waals surface area (Å²) < 4.78 is 5.47. The van der Waals surface area contributed by atoms with Gasteiger partial charge < -0.3 is 20.3 Å². The molecule has 6 heteroatoms. The molecule has 0 aliphatic heterocycles. The van der Waals surface area contributed by atoms with Gasteiger partial charge in [0.05, 0.1) is 25.4 Å². The number of aliphatic hydroxyl groups is 2. The first-order chi connectivity index (χ1) is 38.5. The normalized spacial score (nSPS) is 12.7. The molecule has 0 bridgehead atoms. The molecule has 0 radical (unpaired) electrons. The summed E-state index contributed by atoms with van der Waals surface area (Å²) in [4.78, 5) is 24.5. The molecule has 2 unspecified atom stereocenters. The van der Waals surface area contributed by atoms with Gasteiger partial charge in [-0.05, 0) is 83.5 Å². The van der Waals surface area contributed by atoms with E-state index in [2.05, 4.69) is 55.6 Å². The van der Waals surface area contributed by atoms with Crippen LogP contribution < -0.4 is 5.32 Å². The van der Waals surface area contributed by atoms with Crippen molar-refractivity contribution >= 4 is 11.9 Å². The Balaban J connectivity index is 3.38. The van der Waals surface area contributed by atoms with E-state index in [1.165, 1.54) is 302 Å². The van der Waals surface area contributed by atoms with E-state index in [9.17, 15) is 19.8 Å². The standard InChI is InChI=1S/C72H137NO5/c1-3-5-7-9-11-13-15-17-18-38-41-44-48-52-56-60-64-70(75)69(68-74)73-71(76)65-61-57-53-49-45-42-39-36-34-32-30-28-26-24-22-20-19-21-23-25-27-29-31-33-35-37-40-43-47-51-55-59-63-67-78-72(77)66-62-58-54-50-46-16-14-12-10-8-6-4-2/h12,14,23,25,29,31,69-70,74-75H,3-11,13,15-22,24,26-28,30,32-68H2,1-2H3,(H,73,76)/b14-12-,25-23-,31-29-. The highest BCUT2D eigenvalue weighted by Gasteiger charge is 2.20. The number of nitrogens with one attached hydrogen (secondary N) is 1. The van der Waals surface area contributed by atoms with E-state index in [-0.39, 0.29) is 18.5 Å². The Morgan fingerprint density at radius 2 is 0.641 bits per heavy atom. The molecule has 0 aromatic heterocycles. The predicted molar refractivity (Wildman–Crippen MR) is 343 cm³/mol. The third-order valence-electron chi connectivity index (χ3n) is 16.4. The third kappa shape index (κ3) is 63.3. The lowest BCUT2D eigenvalue weighted by Crippen LogP contribution is -2.45. The topological polar surface area (TPSA) is 95.9 Å². The van der Waals surface area contributed by atoms with Crippen molar-refractivity contribution in [2.45, 2.75) is 398 Å². The third-order valence-corrected chi connectivity index (χ3v) is 16.4. The highest BCUT2D eigenvalue weighted by molar-refractivity contribution is 5.76. The molecule has 0 saturated heterocycles. The Hall–Kier alpha value is -1.92. The SMILES string of the molecule is CCCCC/C=C\CCCCCCCC(=O)OCCCCCCCCCCC/C=C\C/C=C\CCCCCCCCCCCCCCCCCCCC(=O)NC(CO)C(O)CCCCCCCCCCCCCCCCCC. The van der Waals surface area contributed by atoms with Gasteiger partial charge in [0.15, 0.2) is 0 Å². The Morgan fingerprint density at radius 1 is 0.359 bits per heavy atom. The fraction of sp³-hybridized carbons (Fsp3) is 0.889. The molecule has 78 heavy (non-hydrogen) atoms. The molecule has 0 spiro atoms. The fourth-order valence-corrected chi connectivity index (χ4v) is 11.0. The van der Waals surface area contributed by atoms with Gasteiger partial charge in [0, 0.05) is 12.8 Å². The maximum atomic E-state index is 12.5. The van der Waals surface area contributed by atoms with Gasteiger partial charge in [0.25, 0.3) is 0 Å². The van der Waals surface area contributed by atoms with Crippen molar-refractivity contribution in [1.29, 1.82) is 0 Å². The summed E-state index contributed by atoms with van der Waals surface area (Å²) in [6, 6.07) is -0.540. The molecule has 0 aromatic rings. The molecular weight excluding hydrogens is 959 g/mol. The molecule has 0 heterocycles. The van der Waals surface area contributed by atoms with Gasteiger partial charge in [-0.25, -0.2) is 0 Å². The molecule has 460 valence electrons. The monoisotopic (exact) mass is 1100 g/mol. The number of ether oxygens (including phenoxy) is 1. The average Bonchev–Trinajstić information content (AvgIpc) is 3.44. The van der Waals surface area contributed by atoms with E-state index in [1.54, 1.807) is 0 Å². The summed E-state index contributed by atoms with van der Waals surface area (Å²) in [7, 11) is 0. The van der Waals surface area contributed by atoms with Crippen LogP contribution >= 0.6 is 0 Å². The van der Waals surface area contributed by atoms with Crippen LogP contribution in [0.15, 0.2) is 36.5 Å². The second kappa shape index (κ2) is 67.6. The second-order valence-electron chi connectivity index (χ2n) is 24.2. The minimum Gasteiger partial charge on any atom is -0.466 e. The van der Waals surface area contributed by atoms with Gasteiger partial charge in [-0.1, -0.05) is 326 Å². The summed E-state index contributed by atoms with van der Waals surface area (Å²) in [6.07, 6.45) is 86.3. The first-order valence-corrected chi connectivity index (χ1v) is 35.2. The number of allylic oxidation sites excluding steroid dienone is 6. The fourth-order valence-electron chi connectivity index (χ4n) is 11.0. The number of rotatable bonds is 66. The predicted octanol–water partition coefficient (Wildman–Crippen LogP) is 22.7. The van der Waals surface area contributed by atoms with E-state index in [0.29, 0.717) is 25.9 Å². The Labute approximate surface area is 487 Å². The van der Waals surface area contributed by atoms with Crippen molar-refractivity contribution in [2.24, 2.45) is 0 Å². The van der Waals surface area contributed by atoms with Crippen molar-refractivity contribution in [2.75, 3.05) is 13.2 Å². The van der Waals surface area contributed by atoms with Crippen LogP contribution in [0.2, 0.25) is 0 Å². The van der Waals surface area contributed by atoms with Gasteiger partial charge in [-0.3, -0.25) is 9.59 Å². The molecule has 0 aliphatic carbocycles. The van der Waals surface area contributed by atoms with E-state index >= 15 is 0 Å². The summed E-state index contributed by atoms with van der Waals surface area (Å²) in [5.74, 6) is -0.0259. The van der Waals surface area contributed by atoms with Crippen LogP contribution in [-0.4, -0.2) is 47.4 Å². The molecule has 6 nitrogen and oxygen atoms in total. The summed E-state index contributed by atoms with van der Waals surface area (Å²) >= 11 is 0. The van der Waals surface area contributed by atoms with Gasteiger partial charge >= 0.3 is 5.97 Å². The highest BCUT2D eigenvalue weighted by atomic mass is 16.5. The van der Waals surface area contributed by atoms with Gasteiger partial charge in [0.1, 0.15) is 0 Å². The van der Waals surface area contributed by atoms with E-state index in [4.69, 9.17) is 4.74 Å². The van der Waals surface area contributed by atoms with Gasteiger partial charge in [-0.2, -0.15) is 0 Å². The largest absolute Gasteiger partial charge is 0.466 e. The van der Waals surface area contributed by atoms with Crippen molar-refractivity contribution in [3.63, 3.8) is 0 Å². The number of unbranched alkanes of at least 4 members (excludes halogenated alkanes) is 49. The summed E-state index contributed by atoms with van der Waals surface area (Å²) in [5, 5.41) is 23.4. The summed E-state index contributed by atoms with van der Waals surface area (Å²) in [6.45, 7) is 4.95. The number of hydrogen-bond acceptors (Lipinski definition) is 5. The Bertz CT molecular complexity index is 1260. The number of esters is 1.